The SMILES string of the molecule is Nc1ccc(OCCCCCNC(=O)c2cccnc2)cc1. The highest BCUT2D eigenvalue weighted by atomic mass is 16.5. The lowest BCUT2D eigenvalue weighted by atomic mass is 10.2. The molecule has 0 bridgehead atoms. The maximum atomic E-state index is 11.8. The van der Waals surface area contributed by atoms with Gasteiger partial charge in [-0.1, -0.05) is 0 Å². The zero-order valence-electron chi connectivity index (χ0n) is 12.5. The Morgan fingerprint density at radius 1 is 1.14 bits per heavy atom. The van der Waals surface area contributed by atoms with Crippen molar-refractivity contribution in [3.8, 4) is 5.75 Å². The van der Waals surface area contributed by atoms with Gasteiger partial charge in [-0.05, 0) is 55.7 Å². The number of unbranched alkanes of at least 4 members (excludes halogenated alkanes) is 2. The van der Waals surface area contributed by atoms with Gasteiger partial charge in [0.15, 0.2) is 0 Å². The third-order valence-corrected chi connectivity index (χ3v) is 3.18. The van der Waals surface area contributed by atoms with E-state index < -0.39 is 0 Å². The summed E-state index contributed by atoms with van der Waals surface area (Å²) in [6.45, 7) is 1.33. The number of amides is 1. The number of ether oxygens (including phenoxy) is 1. The van der Waals surface area contributed by atoms with Gasteiger partial charge in [0.2, 0.25) is 0 Å². The molecule has 0 aliphatic carbocycles. The van der Waals surface area contributed by atoms with Crippen LogP contribution >= 0.6 is 0 Å². The first-order valence-corrected chi connectivity index (χ1v) is 7.42. The number of carbonyl (C=O) groups is 1. The van der Waals surface area contributed by atoms with Crippen LogP contribution in [0.3, 0.4) is 0 Å². The molecule has 0 radical (unpaired) electrons. The van der Waals surface area contributed by atoms with Gasteiger partial charge in [0.1, 0.15) is 5.75 Å². The van der Waals surface area contributed by atoms with Gasteiger partial charge in [0.05, 0.1) is 12.2 Å². The molecule has 0 unspecified atom stereocenters. The van der Waals surface area contributed by atoms with Crippen LogP contribution in [0.1, 0.15) is 29.6 Å². The molecule has 116 valence electrons. The highest BCUT2D eigenvalue weighted by molar-refractivity contribution is 5.93. The normalized spacial score (nSPS) is 10.2. The highest BCUT2D eigenvalue weighted by Crippen LogP contribution is 2.13. The summed E-state index contributed by atoms with van der Waals surface area (Å²) in [7, 11) is 0. The van der Waals surface area contributed by atoms with Crippen molar-refractivity contribution in [2.24, 2.45) is 0 Å². The summed E-state index contributed by atoms with van der Waals surface area (Å²) in [4.78, 5) is 15.7. The fraction of sp³-hybridized carbons (Fsp3) is 0.294. The Labute approximate surface area is 130 Å². The van der Waals surface area contributed by atoms with E-state index >= 15 is 0 Å². The van der Waals surface area contributed by atoms with E-state index in [2.05, 4.69) is 10.3 Å². The van der Waals surface area contributed by atoms with Crippen molar-refractivity contribution in [3.05, 3.63) is 54.4 Å². The summed E-state index contributed by atoms with van der Waals surface area (Å²) < 4.78 is 5.61. The second-order valence-corrected chi connectivity index (χ2v) is 4.98. The molecule has 1 amide bonds. The van der Waals surface area contributed by atoms with Gasteiger partial charge in [0.25, 0.3) is 5.91 Å². The number of pyridine rings is 1. The Kier molecular flexibility index (Phi) is 6.23. The molecule has 0 saturated heterocycles. The Morgan fingerprint density at radius 2 is 1.95 bits per heavy atom. The number of nitrogen functional groups attached to an aromatic ring is 1. The number of hydrogen-bond acceptors (Lipinski definition) is 4. The average Bonchev–Trinajstić information content (AvgIpc) is 2.56. The van der Waals surface area contributed by atoms with Crippen molar-refractivity contribution in [1.82, 2.24) is 10.3 Å². The first kappa shape index (κ1) is 15.8. The quantitative estimate of drug-likeness (QED) is 0.580. The Bertz CT molecular complexity index is 570. The molecule has 2 aromatic rings. The van der Waals surface area contributed by atoms with Gasteiger partial charge in [-0.25, -0.2) is 0 Å². The molecule has 5 nitrogen and oxygen atoms in total. The largest absolute Gasteiger partial charge is 0.494 e. The van der Waals surface area contributed by atoms with Crippen LogP contribution in [0.5, 0.6) is 5.75 Å². The van der Waals surface area contributed by atoms with Crippen LogP contribution in [0.2, 0.25) is 0 Å². The van der Waals surface area contributed by atoms with E-state index in [9.17, 15) is 4.79 Å². The molecule has 0 spiro atoms. The molecule has 22 heavy (non-hydrogen) atoms. The maximum Gasteiger partial charge on any atom is 0.252 e. The van der Waals surface area contributed by atoms with Crippen molar-refractivity contribution >= 4 is 11.6 Å². The van der Waals surface area contributed by atoms with E-state index in [0.717, 1.165) is 30.7 Å². The second-order valence-electron chi connectivity index (χ2n) is 4.98. The van der Waals surface area contributed by atoms with Gasteiger partial charge < -0.3 is 15.8 Å². The summed E-state index contributed by atoms with van der Waals surface area (Å²) in [5.74, 6) is 0.755. The number of hydrogen-bond donors (Lipinski definition) is 2. The number of rotatable bonds is 8. The molecule has 1 heterocycles. The van der Waals surface area contributed by atoms with Gasteiger partial charge >= 0.3 is 0 Å². The van der Waals surface area contributed by atoms with Crippen molar-refractivity contribution in [2.75, 3.05) is 18.9 Å². The molecule has 1 aromatic heterocycles. The van der Waals surface area contributed by atoms with E-state index in [0.29, 0.717) is 18.7 Å². The first-order valence-electron chi connectivity index (χ1n) is 7.42. The molecular weight excluding hydrogens is 278 g/mol. The van der Waals surface area contributed by atoms with Crippen molar-refractivity contribution in [1.29, 1.82) is 0 Å². The Morgan fingerprint density at radius 3 is 2.68 bits per heavy atom. The molecule has 0 fully saturated rings. The zero-order chi connectivity index (χ0) is 15.6. The predicted molar refractivity (Wildman–Crippen MR) is 86.8 cm³/mol. The van der Waals surface area contributed by atoms with Gasteiger partial charge in [-0.2, -0.15) is 0 Å². The standard InChI is InChI=1S/C17H21N3O2/c18-15-6-8-16(9-7-15)22-12-3-1-2-11-20-17(21)14-5-4-10-19-13-14/h4-10,13H,1-3,11-12,18H2,(H,20,21). The molecule has 0 atom stereocenters. The monoisotopic (exact) mass is 299 g/mol. The van der Waals surface area contributed by atoms with E-state index in [1.165, 1.54) is 0 Å². The summed E-state index contributed by atoms with van der Waals surface area (Å²) in [6, 6.07) is 10.9. The van der Waals surface area contributed by atoms with Crippen molar-refractivity contribution < 1.29 is 9.53 Å². The average molecular weight is 299 g/mol. The van der Waals surface area contributed by atoms with Gasteiger partial charge in [0, 0.05) is 24.6 Å². The first-order chi connectivity index (χ1) is 10.8. The van der Waals surface area contributed by atoms with Gasteiger partial charge in [-0.3, -0.25) is 9.78 Å². The smallest absolute Gasteiger partial charge is 0.252 e. The summed E-state index contributed by atoms with van der Waals surface area (Å²) in [5.41, 5.74) is 6.93. The topological polar surface area (TPSA) is 77.2 Å². The van der Waals surface area contributed by atoms with Crippen LogP contribution in [0.25, 0.3) is 0 Å². The Balaban J connectivity index is 1.52. The number of nitrogens with zero attached hydrogens (tertiary/aromatic N) is 1. The van der Waals surface area contributed by atoms with Crippen LogP contribution in [0.4, 0.5) is 5.69 Å². The van der Waals surface area contributed by atoms with Crippen LogP contribution in [-0.2, 0) is 0 Å². The van der Waals surface area contributed by atoms with E-state index in [-0.39, 0.29) is 5.91 Å². The minimum Gasteiger partial charge on any atom is -0.494 e. The fourth-order valence-electron chi connectivity index (χ4n) is 1.96. The van der Waals surface area contributed by atoms with Crippen molar-refractivity contribution in [2.45, 2.75) is 19.3 Å². The molecule has 0 aliphatic rings. The number of nitrogens with two attached hydrogens (primary N) is 1. The second kappa shape index (κ2) is 8.67. The lowest BCUT2D eigenvalue weighted by Crippen LogP contribution is -2.24. The van der Waals surface area contributed by atoms with E-state index in [1.807, 2.05) is 24.3 Å². The molecule has 1 aromatic carbocycles. The third kappa shape index (κ3) is 5.44. The summed E-state index contributed by atoms with van der Waals surface area (Å²) >= 11 is 0. The molecular formula is C17H21N3O2. The zero-order valence-corrected chi connectivity index (χ0v) is 12.5. The van der Waals surface area contributed by atoms with Crippen LogP contribution < -0.4 is 15.8 Å². The van der Waals surface area contributed by atoms with Crippen LogP contribution in [-0.4, -0.2) is 24.0 Å². The van der Waals surface area contributed by atoms with Gasteiger partial charge in [-0.15, -0.1) is 0 Å². The molecule has 2 rings (SSSR count). The summed E-state index contributed by atoms with van der Waals surface area (Å²) in [5, 5.41) is 2.88. The maximum absolute atomic E-state index is 11.8. The predicted octanol–water partition coefficient (Wildman–Crippen LogP) is 2.64. The lowest BCUT2D eigenvalue weighted by molar-refractivity contribution is 0.0952. The molecule has 0 aliphatic heterocycles. The fourth-order valence-corrected chi connectivity index (χ4v) is 1.96. The molecule has 0 saturated carbocycles. The van der Waals surface area contributed by atoms with E-state index in [1.54, 1.807) is 24.5 Å². The van der Waals surface area contributed by atoms with Crippen LogP contribution in [0, 0.1) is 0 Å². The lowest BCUT2D eigenvalue weighted by Gasteiger charge is -2.07. The Hall–Kier alpha value is -2.56. The minimum atomic E-state index is -0.0776. The number of anilines is 1. The van der Waals surface area contributed by atoms with E-state index in [4.69, 9.17) is 10.5 Å². The number of aromatic nitrogens is 1. The number of carbonyl (C=O) groups excluding carboxylic acids is 1. The number of nitrogens with one attached hydrogen (secondary N) is 1. The van der Waals surface area contributed by atoms with Crippen molar-refractivity contribution in [3.63, 3.8) is 0 Å². The van der Waals surface area contributed by atoms with Crippen LogP contribution in [0.15, 0.2) is 48.8 Å². The minimum absolute atomic E-state index is 0.0776. The third-order valence-electron chi connectivity index (χ3n) is 3.18. The molecule has 3 N–H and O–H groups in total. The highest BCUT2D eigenvalue weighted by Gasteiger charge is 2.03. The molecule has 5 heteroatoms. The number of benzene rings is 1. The summed E-state index contributed by atoms with van der Waals surface area (Å²) in [6.07, 6.45) is 6.10.